The summed E-state index contributed by atoms with van der Waals surface area (Å²) in [6, 6.07) is 12.3. The average molecular weight is 653 g/mol. The van der Waals surface area contributed by atoms with Crippen LogP contribution in [0.4, 0.5) is 0 Å². The Balaban J connectivity index is 0.000000172. The molecular formula is C41H64O6. The van der Waals surface area contributed by atoms with E-state index in [9.17, 15) is 0 Å². The molecule has 0 spiro atoms. The van der Waals surface area contributed by atoms with Gasteiger partial charge in [-0.15, -0.1) is 0 Å². The van der Waals surface area contributed by atoms with Gasteiger partial charge in [-0.2, -0.15) is 0 Å². The summed E-state index contributed by atoms with van der Waals surface area (Å²) in [6.07, 6.45) is 5.83. The quantitative estimate of drug-likeness (QED) is 0.264. The van der Waals surface area contributed by atoms with Crippen LogP contribution >= 0.6 is 0 Å². The Hall–Kier alpha value is -2.70. The van der Waals surface area contributed by atoms with E-state index in [1.165, 1.54) is 24.0 Å². The van der Waals surface area contributed by atoms with E-state index in [0.29, 0.717) is 30.8 Å². The van der Waals surface area contributed by atoms with Gasteiger partial charge >= 0.3 is 0 Å². The van der Waals surface area contributed by atoms with Crippen LogP contribution in [-0.2, 0) is 20.3 Å². The van der Waals surface area contributed by atoms with Crippen molar-refractivity contribution in [1.29, 1.82) is 0 Å². The van der Waals surface area contributed by atoms with Gasteiger partial charge in [-0.05, 0) is 82.2 Å². The van der Waals surface area contributed by atoms with E-state index in [-0.39, 0.29) is 10.8 Å². The SMILES string of the molecule is CC(C)(C)C1=CCOCC1.CC(C)(C)C1CCOCC1.CC(C)(C)c1ccc2c(c1)OCCO2.CC(C)(C)c1ccc2c(c1)OCO2. The molecule has 0 bridgehead atoms. The van der Waals surface area contributed by atoms with Crippen molar-refractivity contribution < 1.29 is 28.4 Å². The lowest BCUT2D eigenvalue weighted by Crippen LogP contribution is -2.27. The molecule has 0 aliphatic carbocycles. The van der Waals surface area contributed by atoms with Gasteiger partial charge in [0, 0.05) is 13.2 Å². The number of ether oxygens (including phenoxy) is 6. The van der Waals surface area contributed by atoms with Gasteiger partial charge < -0.3 is 28.4 Å². The van der Waals surface area contributed by atoms with Crippen LogP contribution in [0.3, 0.4) is 0 Å². The van der Waals surface area contributed by atoms with Crippen molar-refractivity contribution in [3.8, 4) is 23.0 Å². The van der Waals surface area contributed by atoms with E-state index >= 15 is 0 Å². The number of rotatable bonds is 0. The lowest BCUT2D eigenvalue weighted by Gasteiger charge is -2.33. The second-order valence-corrected chi connectivity index (χ2v) is 17.0. The molecule has 0 saturated carbocycles. The maximum Gasteiger partial charge on any atom is 0.231 e. The van der Waals surface area contributed by atoms with Gasteiger partial charge in [-0.1, -0.05) is 107 Å². The van der Waals surface area contributed by atoms with Crippen LogP contribution < -0.4 is 18.9 Å². The van der Waals surface area contributed by atoms with Gasteiger partial charge in [0.15, 0.2) is 23.0 Å². The zero-order chi connectivity index (χ0) is 34.9. The van der Waals surface area contributed by atoms with Crippen molar-refractivity contribution in [2.24, 2.45) is 16.7 Å². The molecule has 0 atom stereocenters. The number of benzene rings is 2. The van der Waals surface area contributed by atoms with Crippen molar-refractivity contribution in [1.82, 2.24) is 0 Å². The largest absolute Gasteiger partial charge is 0.486 e. The van der Waals surface area contributed by atoms with E-state index < -0.39 is 0 Å². The predicted molar refractivity (Wildman–Crippen MR) is 193 cm³/mol. The fourth-order valence-corrected chi connectivity index (χ4v) is 5.64. The molecule has 6 rings (SSSR count). The third kappa shape index (κ3) is 12.7. The molecule has 1 saturated heterocycles. The Morgan fingerprint density at radius 3 is 1.43 bits per heavy atom. The van der Waals surface area contributed by atoms with E-state index in [1.54, 1.807) is 5.57 Å². The minimum atomic E-state index is 0.163. The highest BCUT2D eigenvalue weighted by molar-refractivity contribution is 5.46. The Morgan fingerprint density at radius 2 is 1.00 bits per heavy atom. The van der Waals surface area contributed by atoms with Crippen LogP contribution in [0, 0.1) is 16.7 Å². The summed E-state index contributed by atoms with van der Waals surface area (Å²) in [7, 11) is 0. The normalized spacial score (nSPS) is 17.9. The summed E-state index contributed by atoms with van der Waals surface area (Å²) < 4.78 is 32.1. The minimum absolute atomic E-state index is 0.163. The molecule has 2 aromatic carbocycles. The van der Waals surface area contributed by atoms with Crippen molar-refractivity contribution in [3.63, 3.8) is 0 Å². The van der Waals surface area contributed by atoms with Gasteiger partial charge in [0.25, 0.3) is 0 Å². The first-order chi connectivity index (χ1) is 21.9. The maximum absolute atomic E-state index is 5.53. The van der Waals surface area contributed by atoms with Crippen LogP contribution in [0.5, 0.6) is 23.0 Å². The zero-order valence-corrected chi connectivity index (χ0v) is 31.6. The van der Waals surface area contributed by atoms with E-state index in [1.807, 2.05) is 12.1 Å². The van der Waals surface area contributed by atoms with Gasteiger partial charge in [0.1, 0.15) is 13.2 Å². The summed E-state index contributed by atoms with van der Waals surface area (Å²) in [4.78, 5) is 0. The topological polar surface area (TPSA) is 55.4 Å². The molecule has 0 unspecified atom stereocenters. The minimum Gasteiger partial charge on any atom is -0.486 e. The molecular weight excluding hydrogens is 588 g/mol. The average Bonchev–Trinajstić information content (AvgIpc) is 3.49. The Bertz CT molecular complexity index is 1280. The molecule has 6 heteroatoms. The molecule has 47 heavy (non-hydrogen) atoms. The van der Waals surface area contributed by atoms with E-state index in [2.05, 4.69) is 113 Å². The number of hydrogen-bond donors (Lipinski definition) is 0. The molecule has 4 heterocycles. The van der Waals surface area contributed by atoms with E-state index in [4.69, 9.17) is 28.4 Å². The molecule has 6 nitrogen and oxygen atoms in total. The zero-order valence-electron chi connectivity index (χ0n) is 31.6. The van der Waals surface area contributed by atoms with Crippen LogP contribution in [-0.4, -0.2) is 46.4 Å². The van der Waals surface area contributed by atoms with Crippen molar-refractivity contribution in [3.05, 3.63) is 59.2 Å². The Kier molecular flexibility index (Phi) is 13.7. The summed E-state index contributed by atoms with van der Waals surface area (Å²) in [5, 5.41) is 0. The van der Waals surface area contributed by atoms with Crippen molar-refractivity contribution in [2.45, 2.75) is 113 Å². The van der Waals surface area contributed by atoms with Gasteiger partial charge in [-0.3, -0.25) is 0 Å². The summed E-state index contributed by atoms with van der Waals surface area (Å²) in [6.45, 7) is 32.2. The monoisotopic (exact) mass is 652 g/mol. The predicted octanol–water partition coefficient (Wildman–Crippen LogP) is 10.3. The fourth-order valence-electron chi connectivity index (χ4n) is 5.64. The second-order valence-electron chi connectivity index (χ2n) is 17.0. The third-order valence-electron chi connectivity index (χ3n) is 9.02. The van der Waals surface area contributed by atoms with Crippen molar-refractivity contribution in [2.75, 3.05) is 46.4 Å². The molecule has 0 radical (unpaired) electrons. The second kappa shape index (κ2) is 16.6. The van der Waals surface area contributed by atoms with Crippen LogP contribution in [0.1, 0.15) is 113 Å². The Morgan fingerprint density at radius 1 is 0.511 bits per heavy atom. The van der Waals surface area contributed by atoms with Gasteiger partial charge in [-0.25, -0.2) is 0 Å². The highest BCUT2D eigenvalue weighted by Crippen LogP contribution is 2.37. The van der Waals surface area contributed by atoms with Gasteiger partial charge in [0.05, 0.1) is 13.2 Å². The van der Waals surface area contributed by atoms with Crippen LogP contribution in [0.15, 0.2) is 48.0 Å². The molecule has 4 aliphatic heterocycles. The van der Waals surface area contributed by atoms with Crippen LogP contribution in [0.25, 0.3) is 0 Å². The Labute approximate surface area is 286 Å². The lowest BCUT2D eigenvalue weighted by molar-refractivity contribution is 0.0286. The number of fused-ring (bicyclic) bond motifs is 2. The fraction of sp³-hybridized carbons (Fsp3) is 0.659. The molecule has 0 amide bonds. The summed E-state index contributed by atoms with van der Waals surface area (Å²) >= 11 is 0. The molecule has 4 aliphatic rings. The van der Waals surface area contributed by atoms with E-state index in [0.717, 1.165) is 61.8 Å². The first-order valence-corrected chi connectivity index (χ1v) is 17.5. The van der Waals surface area contributed by atoms with Crippen molar-refractivity contribution >= 4 is 0 Å². The van der Waals surface area contributed by atoms with Crippen LogP contribution in [0.2, 0.25) is 0 Å². The lowest BCUT2D eigenvalue weighted by atomic mass is 9.76. The first-order valence-electron chi connectivity index (χ1n) is 17.5. The standard InChI is InChI=1S/C12H16O2.C11H14O2.C9H18O.C9H16O/c1-12(2,3)9-4-5-10-11(8-9)14-7-6-13-10;1-11(2,3)8-4-5-9-10(6-8)13-7-12-9;2*1-9(2,3)8-4-6-10-7-5-8/h4-5,8H,6-7H2,1-3H3;4-6H,7H2,1-3H3;8H,4-7H2,1-3H3;4H,5-7H2,1-3H3. The molecule has 2 aromatic rings. The molecule has 264 valence electrons. The molecule has 1 fully saturated rings. The smallest absolute Gasteiger partial charge is 0.231 e. The number of hydrogen-bond acceptors (Lipinski definition) is 6. The first kappa shape index (κ1) is 38.7. The molecule has 0 N–H and O–H groups in total. The summed E-state index contributed by atoms with van der Waals surface area (Å²) in [5.41, 5.74) is 5.27. The maximum atomic E-state index is 5.53. The highest BCUT2D eigenvalue weighted by Gasteiger charge is 2.26. The third-order valence-corrected chi connectivity index (χ3v) is 9.02. The highest BCUT2D eigenvalue weighted by atomic mass is 16.7. The molecule has 0 aromatic heterocycles. The van der Waals surface area contributed by atoms with Gasteiger partial charge in [0.2, 0.25) is 6.79 Å². The summed E-state index contributed by atoms with van der Waals surface area (Å²) in [5.74, 6) is 4.34.